The molecule has 0 radical (unpaired) electrons. The van der Waals surface area contributed by atoms with Gasteiger partial charge in [0.25, 0.3) is 0 Å². The summed E-state index contributed by atoms with van der Waals surface area (Å²) < 4.78 is 27.1. The first-order valence-electron chi connectivity index (χ1n) is 8.36. The van der Waals surface area contributed by atoms with Crippen LogP contribution in [0.2, 0.25) is 0 Å². The van der Waals surface area contributed by atoms with E-state index >= 15 is 0 Å². The number of amides is 2. The number of hydrogen-bond acceptors (Lipinski definition) is 3. The van der Waals surface area contributed by atoms with Gasteiger partial charge in [0.1, 0.15) is 17.7 Å². The van der Waals surface area contributed by atoms with Crippen LogP contribution >= 0.6 is 0 Å². The van der Waals surface area contributed by atoms with E-state index in [0.717, 1.165) is 31.8 Å². The second-order valence-electron chi connectivity index (χ2n) is 6.27. The number of urea groups is 1. The maximum Gasteiger partial charge on any atom is 0.315 e. The second-order valence-corrected chi connectivity index (χ2v) is 6.27. The molecule has 1 aliphatic rings. The summed E-state index contributed by atoms with van der Waals surface area (Å²) in [7, 11) is 0. The first-order valence-corrected chi connectivity index (χ1v) is 8.36. The van der Waals surface area contributed by atoms with E-state index < -0.39 is 29.3 Å². The summed E-state index contributed by atoms with van der Waals surface area (Å²) >= 11 is 0. The largest absolute Gasteiger partial charge is 0.386 e. The number of nitrogens with zero attached hydrogens (tertiary/aromatic N) is 1. The summed E-state index contributed by atoms with van der Waals surface area (Å²) in [5.74, 6) is -1.66. The molecule has 1 saturated heterocycles. The molecule has 1 aromatic rings. The van der Waals surface area contributed by atoms with Crippen LogP contribution in [0.15, 0.2) is 18.2 Å². The molecular formula is C17H25F2N3O2. The minimum Gasteiger partial charge on any atom is -0.386 e. The predicted molar refractivity (Wildman–Crippen MR) is 87.6 cm³/mol. The predicted octanol–water partition coefficient (Wildman–Crippen LogP) is 2.17. The topological polar surface area (TPSA) is 64.6 Å². The number of hydrogen-bond donors (Lipinski definition) is 3. The molecule has 2 rings (SSSR count). The number of aliphatic hydroxyl groups is 1. The van der Waals surface area contributed by atoms with Crippen molar-refractivity contribution in [3.63, 3.8) is 0 Å². The minimum atomic E-state index is -1.44. The molecule has 2 amide bonds. The van der Waals surface area contributed by atoms with Gasteiger partial charge in [-0.25, -0.2) is 13.6 Å². The maximum absolute atomic E-state index is 13.6. The lowest BCUT2D eigenvalue weighted by Crippen LogP contribution is -2.47. The summed E-state index contributed by atoms with van der Waals surface area (Å²) in [5.41, 5.74) is -0.431. The van der Waals surface area contributed by atoms with Crippen LogP contribution in [0.3, 0.4) is 0 Å². The van der Waals surface area contributed by atoms with Crippen LogP contribution < -0.4 is 10.6 Å². The zero-order chi connectivity index (χ0) is 17.5. The van der Waals surface area contributed by atoms with Crippen molar-refractivity contribution >= 4 is 6.03 Å². The molecule has 5 nitrogen and oxygen atoms in total. The maximum atomic E-state index is 13.6. The quantitative estimate of drug-likeness (QED) is 0.743. The smallest absolute Gasteiger partial charge is 0.315 e. The molecule has 1 fully saturated rings. The Morgan fingerprint density at radius 3 is 2.50 bits per heavy atom. The van der Waals surface area contributed by atoms with Crippen LogP contribution in [0, 0.1) is 11.6 Å². The van der Waals surface area contributed by atoms with Gasteiger partial charge >= 0.3 is 6.03 Å². The van der Waals surface area contributed by atoms with Crippen LogP contribution in [-0.2, 0) is 0 Å². The zero-order valence-corrected chi connectivity index (χ0v) is 13.9. The van der Waals surface area contributed by atoms with Crippen molar-refractivity contribution in [2.45, 2.75) is 38.3 Å². The molecule has 0 aliphatic carbocycles. The van der Waals surface area contributed by atoms with E-state index in [9.17, 15) is 18.7 Å². The van der Waals surface area contributed by atoms with Crippen LogP contribution in [0.4, 0.5) is 13.6 Å². The Morgan fingerprint density at radius 2 is 1.88 bits per heavy atom. The molecule has 1 aromatic carbocycles. The lowest BCUT2D eigenvalue weighted by Gasteiger charge is -2.29. The van der Waals surface area contributed by atoms with Gasteiger partial charge in [0, 0.05) is 19.1 Å². The monoisotopic (exact) mass is 341 g/mol. The number of aliphatic hydroxyl groups excluding tert-OH is 1. The molecule has 3 N–H and O–H groups in total. The second kappa shape index (κ2) is 8.94. The van der Waals surface area contributed by atoms with Crippen molar-refractivity contribution in [2.75, 3.05) is 26.2 Å². The number of piperidine rings is 1. The third kappa shape index (κ3) is 5.42. The van der Waals surface area contributed by atoms with Crippen molar-refractivity contribution in [3.8, 4) is 0 Å². The van der Waals surface area contributed by atoms with Gasteiger partial charge in [0.2, 0.25) is 0 Å². The number of nitrogens with one attached hydrogen (secondary N) is 2. The molecular weight excluding hydrogens is 316 g/mol. The first kappa shape index (κ1) is 18.6. The third-order valence-electron chi connectivity index (χ3n) is 4.15. The van der Waals surface area contributed by atoms with Crippen LogP contribution in [-0.4, -0.2) is 48.3 Å². The highest BCUT2D eigenvalue weighted by Crippen LogP contribution is 2.19. The normalized spacial score (nSPS) is 18.0. The fourth-order valence-electron chi connectivity index (χ4n) is 2.97. The van der Waals surface area contributed by atoms with E-state index in [1.165, 1.54) is 25.3 Å². The summed E-state index contributed by atoms with van der Waals surface area (Å²) in [6.07, 6.45) is 2.18. The van der Waals surface area contributed by atoms with E-state index in [1.807, 2.05) is 6.92 Å². The van der Waals surface area contributed by atoms with Gasteiger partial charge in [-0.05, 0) is 45.0 Å². The Morgan fingerprint density at radius 1 is 1.25 bits per heavy atom. The van der Waals surface area contributed by atoms with E-state index in [0.29, 0.717) is 0 Å². The lowest BCUT2D eigenvalue weighted by molar-refractivity contribution is 0.162. The van der Waals surface area contributed by atoms with Crippen molar-refractivity contribution < 1.29 is 18.7 Å². The summed E-state index contributed by atoms with van der Waals surface area (Å²) in [6.45, 7) is 4.48. The van der Waals surface area contributed by atoms with Crippen molar-refractivity contribution in [2.24, 2.45) is 0 Å². The highest BCUT2D eigenvalue weighted by Gasteiger charge is 2.19. The molecule has 2 atom stereocenters. The van der Waals surface area contributed by atoms with Gasteiger partial charge in [-0.15, -0.1) is 0 Å². The van der Waals surface area contributed by atoms with Crippen molar-refractivity contribution in [1.82, 2.24) is 15.5 Å². The molecule has 134 valence electrons. The molecule has 1 aliphatic heterocycles. The van der Waals surface area contributed by atoms with Crippen molar-refractivity contribution in [3.05, 3.63) is 35.4 Å². The van der Waals surface area contributed by atoms with Crippen molar-refractivity contribution in [1.29, 1.82) is 0 Å². The highest BCUT2D eigenvalue weighted by molar-refractivity contribution is 5.74. The molecule has 24 heavy (non-hydrogen) atoms. The molecule has 0 bridgehead atoms. The minimum absolute atomic E-state index is 0.0505. The molecule has 0 saturated carbocycles. The fraction of sp³-hybridized carbons (Fsp3) is 0.588. The molecule has 2 unspecified atom stereocenters. The number of benzene rings is 1. The standard InChI is InChI=1S/C17H25F2N3O2/c1-12(11-22-8-3-2-4-9-22)21-17(24)20-10-15(23)16-13(18)6-5-7-14(16)19/h5-7,12,15,23H,2-4,8-11H2,1H3,(H2,20,21,24). The van der Waals surface area contributed by atoms with E-state index in [4.69, 9.17) is 0 Å². The number of carbonyl (C=O) groups excluding carboxylic acids is 1. The summed E-state index contributed by atoms with van der Waals surface area (Å²) in [4.78, 5) is 14.2. The summed E-state index contributed by atoms with van der Waals surface area (Å²) in [6, 6.07) is 2.86. The average molecular weight is 341 g/mol. The van der Waals surface area contributed by atoms with Crippen LogP contribution in [0.25, 0.3) is 0 Å². The number of halogens is 2. The highest BCUT2D eigenvalue weighted by atomic mass is 19.1. The lowest BCUT2D eigenvalue weighted by atomic mass is 10.1. The number of carbonyl (C=O) groups is 1. The van der Waals surface area contributed by atoms with Crippen LogP contribution in [0.1, 0.15) is 37.9 Å². The van der Waals surface area contributed by atoms with E-state index in [1.54, 1.807) is 0 Å². The average Bonchev–Trinajstić information content (AvgIpc) is 2.53. The van der Waals surface area contributed by atoms with Gasteiger partial charge < -0.3 is 20.6 Å². The Labute approximate surface area is 141 Å². The molecule has 1 heterocycles. The van der Waals surface area contributed by atoms with Gasteiger partial charge in [-0.3, -0.25) is 0 Å². The van der Waals surface area contributed by atoms with Gasteiger partial charge in [-0.1, -0.05) is 12.5 Å². The Kier molecular flexibility index (Phi) is 6.93. The van der Waals surface area contributed by atoms with Gasteiger partial charge in [0.15, 0.2) is 0 Å². The molecule has 7 heteroatoms. The van der Waals surface area contributed by atoms with Gasteiger partial charge in [0.05, 0.1) is 5.56 Å². The fourth-order valence-corrected chi connectivity index (χ4v) is 2.97. The number of likely N-dealkylation sites (tertiary alicyclic amines) is 1. The van der Waals surface area contributed by atoms with E-state index in [2.05, 4.69) is 15.5 Å². The van der Waals surface area contributed by atoms with E-state index in [-0.39, 0.29) is 12.6 Å². The zero-order valence-electron chi connectivity index (χ0n) is 13.9. The third-order valence-corrected chi connectivity index (χ3v) is 4.15. The molecule has 0 spiro atoms. The number of rotatable bonds is 6. The molecule has 0 aromatic heterocycles. The SMILES string of the molecule is CC(CN1CCCCC1)NC(=O)NCC(O)c1c(F)cccc1F. The summed E-state index contributed by atoms with van der Waals surface area (Å²) in [5, 5.41) is 15.1. The van der Waals surface area contributed by atoms with Crippen LogP contribution in [0.5, 0.6) is 0 Å². The van der Waals surface area contributed by atoms with Gasteiger partial charge in [-0.2, -0.15) is 0 Å². The first-order chi connectivity index (χ1) is 11.5. The Bertz CT molecular complexity index is 530. The Balaban J connectivity index is 1.75. The Hall–Kier alpha value is -1.73.